The molecule has 2 aromatic carbocycles. The zero-order valence-corrected chi connectivity index (χ0v) is 14.7. The van der Waals surface area contributed by atoms with E-state index in [4.69, 9.17) is 5.11 Å². The third kappa shape index (κ3) is 4.50. The van der Waals surface area contributed by atoms with Crippen LogP contribution in [-0.4, -0.2) is 40.7 Å². The summed E-state index contributed by atoms with van der Waals surface area (Å²) in [6.07, 6.45) is -1.09. The minimum atomic E-state index is -1.13. The summed E-state index contributed by atoms with van der Waals surface area (Å²) >= 11 is 3.38. The summed E-state index contributed by atoms with van der Waals surface area (Å²) in [5.41, 5.74) is 2.34. The van der Waals surface area contributed by atoms with Gasteiger partial charge in [0.15, 0.2) is 5.78 Å². The van der Waals surface area contributed by atoms with Gasteiger partial charge in [0, 0.05) is 10.0 Å². The molecule has 24 heavy (non-hydrogen) atoms. The summed E-state index contributed by atoms with van der Waals surface area (Å²) in [6.45, 7) is 0.646. The number of carbonyl (C=O) groups is 2. The molecule has 0 aliphatic heterocycles. The van der Waals surface area contributed by atoms with Crippen LogP contribution in [-0.2, 0) is 4.79 Å². The van der Waals surface area contributed by atoms with Crippen LogP contribution < -0.4 is 5.32 Å². The second-order valence-electron chi connectivity index (χ2n) is 5.40. The zero-order valence-electron chi connectivity index (χ0n) is 13.1. The second kappa shape index (κ2) is 8.19. The molecule has 0 heterocycles. The molecule has 0 bridgehead atoms. The van der Waals surface area contributed by atoms with Crippen LogP contribution in [0.4, 0.5) is 0 Å². The zero-order chi connectivity index (χ0) is 17.7. The standard InChI is InChI=1S/C18H18BrNO4/c1-11(22)17(16(23)10-21)20-18(24)14-4-2-12(3-5-14)13-6-8-15(19)9-7-13/h2-9,11,17,21-22H,10H2,1H3,(H,20,24)/t11-,17?/m1/s1. The number of nitrogens with one attached hydrogen (secondary N) is 1. The minimum Gasteiger partial charge on any atom is -0.391 e. The first kappa shape index (κ1) is 18.3. The van der Waals surface area contributed by atoms with Gasteiger partial charge in [0.25, 0.3) is 5.91 Å². The van der Waals surface area contributed by atoms with E-state index < -0.39 is 30.4 Å². The van der Waals surface area contributed by atoms with E-state index in [-0.39, 0.29) is 0 Å². The van der Waals surface area contributed by atoms with Crippen LogP contribution in [0.5, 0.6) is 0 Å². The van der Waals surface area contributed by atoms with Crippen molar-refractivity contribution in [2.45, 2.75) is 19.1 Å². The van der Waals surface area contributed by atoms with Gasteiger partial charge >= 0.3 is 0 Å². The van der Waals surface area contributed by atoms with Crippen LogP contribution >= 0.6 is 15.9 Å². The predicted molar refractivity (Wildman–Crippen MR) is 94.6 cm³/mol. The van der Waals surface area contributed by atoms with Crippen LogP contribution in [0.1, 0.15) is 17.3 Å². The smallest absolute Gasteiger partial charge is 0.251 e. The summed E-state index contributed by atoms with van der Waals surface area (Å²) in [4.78, 5) is 23.8. The van der Waals surface area contributed by atoms with Crippen molar-refractivity contribution in [3.63, 3.8) is 0 Å². The molecule has 0 aromatic heterocycles. The number of aliphatic hydroxyl groups is 2. The molecule has 0 saturated heterocycles. The van der Waals surface area contributed by atoms with Gasteiger partial charge in [-0.25, -0.2) is 0 Å². The molecule has 0 aliphatic rings. The number of hydrogen-bond donors (Lipinski definition) is 3. The first-order valence-corrected chi connectivity index (χ1v) is 8.20. The lowest BCUT2D eigenvalue weighted by atomic mass is 10.0. The highest BCUT2D eigenvalue weighted by Crippen LogP contribution is 2.22. The molecule has 2 rings (SSSR count). The topological polar surface area (TPSA) is 86.6 Å². The van der Waals surface area contributed by atoms with E-state index in [0.717, 1.165) is 15.6 Å². The summed E-state index contributed by atoms with van der Waals surface area (Å²) in [6, 6.07) is 13.6. The third-order valence-electron chi connectivity index (χ3n) is 3.60. The Hall–Kier alpha value is -2.02. The molecule has 0 spiro atoms. The van der Waals surface area contributed by atoms with E-state index in [9.17, 15) is 14.7 Å². The number of aliphatic hydroxyl groups excluding tert-OH is 2. The van der Waals surface area contributed by atoms with E-state index in [1.165, 1.54) is 6.92 Å². The number of halogens is 1. The monoisotopic (exact) mass is 391 g/mol. The summed E-state index contributed by atoms with van der Waals surface area (Å²) in [7, 11) is 0. The summed E-state index contributed by atoms with van der Waals surface area (Å²) in [5.74, 6) is -1.12. The maximum atomic E-state index is 12.2. The molecule has 126 valence electrons. The number of amides is 1. The maximum absolute atomic E-state index is 12.2. The third-order valence-corrected chi connectivity index (χ3v) is 4.13. The Balaban J connectivity index is 2.13. The second-order valence-corrected chi connectivity index (χ2v) is 6.32. The van der Waals surface area contributed by atoms with Gasteiger partial charge in [-0.15, -0.1) is 0 Å². The molecule has 1 unspecified atom stereocenters. The van der Waals surface area contributed by atoms with Crippen LogP contribution in [0, 0.1) is 0 Å². The fraction of sp³-hybridized carbons (Fsp3) is 0.222. The van der Waals surface area contributed by atoms with Crippen molar-refractivity contribution in [1.82, 2.24) is 5.32 Å². The molecule has 1 amide bonds. The first-order valence-electron chi connectivity index (χ1n) is 7.41. The Morgan fingerprint density at radius 2 is 1.54 bits per heavy atom. The van der Waals surface area contributed by atoms with Crippen LogP contribution in [0.3, 0.4) is 0 Å². The van der Waals surface area contributed by atoms with Gasteiger partial charge in [-0.3, -0.25) is 9.59 Å². The Labute approximate surface area is 148 Å². The number of carbonyl (C=O) groups excluding carboxylic acids is 2. The lowest BCUT2D eigenvalue weighted by Crippen LogP contribution is -2.48. The molecule has 2 aromatic rings. The van der Waals surface area contributed by atoms with Crippen molar-refractivity contribution in [3.05, 3.63) is 58.6 Å². The average Bonchev–Trinajstić information content (AvgIpc) is 2.59. The van der Waals surface area contributed by atoms with E-state index in [2.05, 4.69) is 21.2 Å². The van der Waals surface area contributed by atoms with E-state index in [0.29, 0.717) is 5.56 Å². The largest absolute Gasteiger partial charge is 0.391 e. The molecule has 2 atom stereocenters. The normalized spacial score (nSPS) is 13.2. The number of hydrogen-bond acceptors (Lipinski definition) is 4. The number of benzene rings is 2. The van der Waals surface area contributed by atoms with Crippen molar-refractivity contribution < 1.29 is 19.8 Å². The molecule has 0 fully saturated rings. The quantitative estimate of drug-likeness (QED) is 0.703. The molecule has 0 aliphatic carbocycles. The molecule has 6 heteroatoms. The average molecular weight is 392 g/mol. The summed E-state index contributed by atoms with van der Waals surface area (Å²) in [5, 5.41) is 20.9. The van der Waals surface area contributed by atoms with E-state index in [1.807, 2.05) is 36.4 Å². The molecular weight excluding hydrogens is 374 g/mol. The van der Waals surface area contributed by atoms with Gasteiger partial charge in [0.1, 0.15) is 12.6 Å². The van der Waals surface area contributed by atoms with Crippen LogP contribution in [0.2, 0.25) is 0 Å². The molecule has 5 nitrogen and oxygen atoms in total. The highest BCUT2D eigenvalue weighted by atomic mass is 79.9. The van der Waals surface area contributed by atoms with Crippen molar-refractivity contribution in [1.29, 1.82) is 0 Å². The first-order chi connectivity index (χ1) is 11.4. The van der Waals surface area contributed by atoms with Crippen LogP contribution in [0.15, 0.2) is 53.0 Å². The van der Waals surface area contributed by atoms with Crippen molar-refractivity contribution >= 4 is 27.6 Å². The molecule has 3 N–H and O–H groups in total. The fourth-order valence-corrected chi connectivity index (χ4v) is 2.51. The highest BCUT2D eigenvalue weighted by Gasteiger charge is 2.25. The van der Waals surface area contributed by atoms with Crippen molar-refractivity contribution in [3.8, 4) is 11.1 Å². The highest BCUT2D eigenvalue weighted by molar-refractivity contribution is 9.10. The molecule has 0 saturated carbocycles. The van der Waals surface area contributed by atoms with E-state index in [1.54, 1.807) is 12.1 Å². The Morgan fingerprint density at radius 3 is 2.00 bits per heavy atom. The molecule has 0 radical (unpaired) electrons. The Morgan fingerprint density at radius 1 is 1.04 bits per heavy atom. The Bertz CT molecular complexity index is 711. The maximum Gasteiger partial charge on any atom is 0.251 e. The number of ketones is 1. The van der Waals surface area contributed by atoms with Gasteiger partial charge in [0.05, 0.1) is 6.10 Å². The van der Waals surface area contributed by atoms with Gasteiger partial charge in [0.2, 0.25) is 0 Å². The fourth-order valence-electron chi connectivity index (χ4n) is 2.25. The number of rotatable bonds is 6. The van der Waals surface area contributed by atoms with Gasteiger partial charge < -0.3 is 15.5 Å². The summed E-state index contributed by atoms with van der Waals surface area (Å²) < 4.78 is 0.986. The van der Waals surface area contributed by atoms with Gasteiger partial charge in [-0.1, -0.05) is 40.2 Å². The van der Waals surface area contributed by atoms with Gasteiger partial charge in [-0.2, -0.15) is 0 Å². The lowest BCUT2D eigenvalue weighted by molar-refractivity contribution is -0.125. The van der Waals surface area contributed by atoms with E-state index >= 15 is 0 Å². The van der Waals surface area contributed by atoms with Gasteiger partial charge in [-0.05, 0) is 42.3 Å². The number of Topliss-reactive ketones (excluding diaryl/α,β-unsaturated/α-hetero) is 1. The lowest BCUT2D eigenvalue weighted by Gasteiger charge is -2.19. The van der Waals surface area contributed by atoms with Crippen LogP contribution in [0.25, 0.3) is 11.1 Å². The van der Waals surface area contributed by atoms with Crippen molar-refractivity contribution in [2.24, 2.45) is 0 Å². The molecular formula is C18H18BrNO4. The predicted octanol–water partition coefficient (Wildman–Crippen LogP) is 2.16. The minimum absolute atomic E-state index is 0.368. The van der Waals surface area contributed by atoms with Crippen molar-refractivity contribution in [2.75, 3.05) is 6.61 Å². The Kier molecular flexibility index (Phi) is 6.25. The SMILES string of the molecule is C[C@@H](O)C(NC(=O)c1ccc(-c2ccc(Br)cc2)cc1)C(=O)CO.